The lowest BCUT2D eigenvalue weighted by Crippen LogP contribution is -2.46. The Labute approximate surface area is 99.5 Å². The Morgan fingerprint density at radius 2 is 2.06 bits per heavy atom. The van der Waals surface area contributed by atoms with Crippen LogP contribution >= 0.6 is 0 Å². The van der Waals surface area contributed by atoms with Gasteiger partial charge in [-0.25, -0.2) is 0 Å². The third-order valence-corrected chi connectivity index (χ3v) is 4.00. The summed E-state index contributed by atoms with van der Waals surface area (Å²) >= 11 is 0. The van der Waals surface area contributed by atoms with Gasteiger partial charge < -0.3 is 15.0 Å². The van der Waals surface area contributed by atoms with Crippen LogP contribution in [0.25, 0.3) is 0 Å². The molecule has 0 bridgehead atoms. The zero-order valence-electron chi connectivity index (χ0n) is 10.8. The highest BCUT2D eigenvalue weighted by Gasteiger charge is 2.39. The SMILES string of the molecule is CN(C)CCNC1CCOC2(CCCC2)C1. The van der Waals surface area contributed by atoms with Gasteiger partial charge in [0.1, 0.15) is 0 Å². The van der Waals surface area contributed by atoms with Gasteiger partial charge in [-0.2, -0.15) is 0 Å². The van der Waals surface area contributed by atoms with Crippen molar-refractivity contribution in [1.29, 1.82) is 0 Å². The predicted molar refractivity (Wildman–Crippen MR) is 66.7 cm³/mol. The number of ether oxygens (including phenoxy) is 1. The molecule has 0 amide bonds. The first-order valence-corrected chi connectivity index (χ1v) is 6.72. The summed E-state index contributed by atoms with van der Waals surface area (Å²) in [6.07, 6.45) is 7.74. The maximum absolute atomic E-state index is 6.03. The summed E-state index contributed by atoms with van der Waals surface area (Å²) in [5.74, 6) is 0. The molecule has 1 saturated heterocycles. The minimum Gasteiger partial charge on any atom is -0.375 e. The summed E-state index contributed by atoms with van der Waals surface area (Å²) < 4.78 is 6.03. The van der Waals surface area contributed by atoms with Crippen LogP contribution in [0.15, 0.2) is 0 Å². The first-order valence-electron chi connectivity index (χ1n) is 6.72. The molecule has 1 aliphatic carbocycles. The monoisotopic (exact) mass is 226 g/mol. The summed E-state index contributed by atoms with van der Waals surface area (Å²) in [6.45, 7) is 3.19. The van der Waals surface area contributed by atoms with E-state index in [0.717, 1.165) is 19.7 Å². The van der Waals surface area contributed by atoms with Crippen molar-refractivity contribution in [1.82, 2.24) is 10.2 Å². The molecular weight excluding hydrogens is 200 g/mol. The topological polar surface area (TPSA) is 24.5 Å². The van der Waals surface area contributed by atoms with Crippen LogP contribution < -0.4 is 5.32 Å². The molecular formula is C13H26N2O. The van der Waals surface area contributed by atoms with Crippen molar-refractivity contribution in [2.45, 2.75) is 50.2 Å². The largest absolute Gasteiger partial charge is 0.375 e. The molecule has 0 radical (unpaired) electrons. The number of likely N-dealkylation sites (N-methyl/N-ethyl adjacent to an activating group) is 1. The fourth-order valence-electron chi connectivity index (χ4n) is 3.06. The van der Waals surface area contributed by atoms with Gasteiger partial charge >= 0.3 is 0 Å². The lowest BCUT2D eigenvalue weighted by Gasteiger charge is -2.38. The van der Waals surface area contributed by atoms with Gasteiger partial charge in [-0.05, 0) is 39.8 Å². The first kappa shape index (κ1) is 12.3. The first-order chi connectivity index (χ1) is 7.70. The second kappa shape index (κ2) is 5.48. The summed E-state index contributed by atoms with van der Waals surface area (Å²) in [5.41, 5.74) is 0.258. The molecule has 3 heteroatoms. The molecule has 1 saturated carbocycles. The van der Waals surface area contributed by atoms with Gasteiger partial charge in [0.25, 0.3) is 0 Å². The standard InChI is InChI=1S/C13H26N2O/c1-15(2)9-8-14-12-5-10-16-13(11-12)6-3-4-7-13/h12,14H,3-11H2,1-2H3. The average Bonchev–Trinajstić information content (AvgIpc) is 2.66. The maximum Gasteiger partial charge on any atom is 0.0697 e. The van der Waals surface area contributed by atoms with Crippen LogP contribution in [-0.2, 0) is 4.74 Å². The van der Waals surface area contributed by atoms with Gasteiger partial charge in [-0.3, -0.25) is 0 Å². The van der Waals surface area contributed by atoms with Crippen LogP contribution in [0.1, 0.15) is 38.5 Å². The number of nitrogens with zero attached hydrogens (tertiary/aromatic N) is 1. The van der Waals surface area contributed by atoms with Crippen LogP contribution in [0.4, 0.5) is 0 Å². The van der Waals surface area contributed by atoms with Crippen LogP contribution in [-0.4, -0.2) is 50.3 Å². The Bertz CT molecular complexity index is 212. The lowest BCUT2D eigenvalue weighted by molar-refractivity contribution is -0.0835. The second-order valence-corrected chi connectivity index (χ2v) is 5.69. The van der Waals surface area contributed by atoms with E-state index in [0.29, 0.717) is 6.04 Å². The smallest absolute Gasteiger partial charge is 0.0697 e. The molecule has 1 unspecified atom stereocenters. The molecule has 3 nitrogen and oxygen atoms in total. The Balaban J connectivity index is 1.74. The fraction of sp³-hybridized carbons (Fsp3) is 1.00. The normalized spacial score (nSPS) is 29.1. The highest BCUT2D eigenvalue weighted by Crippen LogP contribution is 2.39. The average molecular weight is 226 g/mol. The highest BCUT2D eigenvalue weighted by molar-refractivity contribution is 4.93. The van der Waals surface area contributed by atoms with E-state index in [1.54, 1.807) is 0 Å². The van der Waals surface area contributed by atoms with Crippen LogP contribution in [0.5, 0.6) is 0 Å². The van der Waals surface area contributed by atoms with Gasteiger partial charge in [-0.15, -0.1) is 0 Å². The van der Waals surface area contributed by atoms with Crippen molar-refractivity contribution in [3.8, 4) is 0 Å². The van der Waals surface area contributed by atoms with Crippen molar-refractivity contribution >= 4 is 0 Å². The van der Waals surface area contributed by atoms with Gasteiger partial charge in [0.15, 0.2) is 0 Å². The van der Waals surface area contributed by atoms with E-state index in [4.69, 9.17) is 4.74 Å². The highest BCUT2D eigenvalue weighted by atomic mass is 16.5. The van der Waals surface area contributed by atoms with Gasteiger partial charge in [0.05, 0.1) is 5.60 Å². The maximum atomic E-state index is 6.03. The number of hydrogen-bond acceptors (Lipinski definition) is 3. The molecule has 2 fully saturated rings. The van der Waals surface area contributed by atoms with Crippen LogP contribution in [0.2, 0.25) is 0 Å². The predicted octanol–water partition coefficient (Wildman–Crippen LogP) is 1.63. The summed E-state index contributed by atoms with van der Waals surface area (Å²) in [7, 11) is 4.26. The van der Waals surface area contributed by atoms with E-state index >= 15 is 0 Å². The number of hydrogen-bond donors (Lipinski definition) is 1. The van der Waals surface area contributed by atoms with Gasteiger partial charge in [0.2, 0.25) is 0 Å². The Morgan fingerprint density at radius 3 is 2.75 bits per heavy atom. The van der Waals surface area contributed by atoms with Crippen molar-refractivity contribution in [3.05, 3.63) is 0 Å². The molecule has 1 N–H and O–H groups in total. The van der Waals surface area contributed by atoms with E-state index < -0.39 is 0 Å². The van der Waals surface area contributed by atoms with E-state index in [1.807, 2.05) is 0 Å². The Hall–Kier alpha value is -0.120. The molecule has 1 heterocycles. The molecule has 0 aromatic rings. The van der Waals surface area contributed by atoms with Crippen molar-refractivity contribution in [2.24, 2.45) is 0 Å². The third kappa shape index (κ3) is 3.19. The second-order valence-electron chi connectivity index (χ2n) is 5.69. The zero-order valence-corrected chi connectivity index (χ0v) is 10.8. The molecule has 1 aliphatic heterocycles. The van der Waals surface area contributed by atoms with Gasteiger partial charge in [0, 0.05) is 25.7 Å². The van der Waals surface area contributed by atoms with Crippen molar-refractivity contribution in [3.63, 3.8) is 0 Å². The van der Waals surface area contributed by atoms with Crippen molar-refractivity contribution < 1.29 is 4.74 Å². The molecule has 0 aromatic heterocycles. The van der Waals surface area contributed by atoms with E-state index in [1.165, 1.54) is 38.5 Å². The fourth-order valence-corrected chi connectivity index (χ4v) is 3.06. The zero-order chi connectivity index (χ0) is 11.4. The molecule has 1 spiro atoms. The summed E-state index contributed by atoms with van der Waals surface area (Å²) in [6, 6.07) is 0.687. The number of rotatable bonds is 4. The lowest BCUT2D eigenvalue weighted by atomic mass is 9.89. The quantitative estimate of drug-likeness (QED) is 0.788. The minimum atomic E-state index is 0.258. The van der Waals surface area contributed by atoms with Crippen LogP contribution in [0, 0.1) is 0 Å². The molecule has 94 valence electrons. The molecule has 0 aromatic carbocycles. The minimum absolute atomic E-state index is 0.258. The molecule has 2 rings (SSSR count). The molecule has 2 aliphatic rings. The molecule has 1 atom stereocenters. The van der Waals surface area contributed by atoms with Crippen LogP contribution in [0.3, 0.4) is 0 Å². The number of nitrogens with one attached hydrogen (secondary N) is 1. The summed E-state index contributed by atoms with van der Waals surface area (Å²) in [4.78, 5) is 2.23. The Kier molecular flexibility index (Phi) is 4.22. The molecule has 16 heavy (non-hydrogen) atoms. The third-order valence-electron chi connectivity index (χ3n) is 4.00. The van der Waals surface area contributed by atoms with E-state index in [2.05, 4.69) is 24.3 Å². The van der Waals surface area contributed by atoms with Crippen molar-refractivity contribution in [2.75, 3.05) is 33.8 Å². The Morgan fingerprint density at radius 1 is 1.31 bits per heavy atom. The van der Waals surface area contributed by atoms with E-state index in [9.17, 15) is 0 Å². The van der Waals surface area contributed by atoms with E-state index in [-0.39, 0.29) is 5.60 Å². The summed E-state index contributed by atoms with van der Waals surface area (Å²) in [5, 5.41) is 3.68. The van der Waals surface area contributed by atoms with Gasteiger partial charge in [-0.1, -0.05) is 12.8 Å².